The van der Waals surface area contributed by atoms with E-state index in [9.17, 15) is 4.39 Å². The largest absolute Gasteiger partial charge is 0.320 e. The maximum absolute atomic E-state index is 13.4. The predicted octanol–water partition coefficient (Wildman–Crippen LogP) is 4.14. The third-order valence-corrected chi connectivity index (χ3v) is 3.21. The lowest BCUT2D eigenvalue weighted by molar-refractivity contribution is 0.624. The highest BCUT2D eigenvalue weighted by atomic mass is 35.5. The van der Waals surface area contributed by atoms with Crippen molar-refractivity contribution in [2.45, 2.75) is 19.9 Å². The summed E-state index contributed by atoms with van der Waals surface area (Å²) in [6.45, 7) is 4.04. The van der Waals surface area contributed by atoms with Gasteiger partial charge in [-0.15, -0.1) is 0 Å². The Kier molecular flexibility index (Phi) is 3.69. The van der Waals surface area contributed by atoms with E-state index in [0.29, 0.717) is 0 Å². The molecule has 0 spiro atoms. The van der Waals surface area contributed by atoms with Gasteiger partial charge in [0.25, 0.3) is 0 Å². The van der Waals surface area contributed by atoms with Gasteiger partial charge in [-0.25, -0.2) is 4.39 Å². The fourth-order valence-electron chi connectivity index (χ4n) is 2.09. The maximum Gasteiger partial charge on any atom is 0.142 e. The number of nitrogens with two attached hydrogens (primary N) is 1. The lowest BCUT2D eigenvalue weighted by Gasteiger charge is -2.14. The number of halogens is 2. The minimum Gasteiger partial charge on any atom is -0.320 e. The van der Waals surface area contributed by atoms with E-state index in [1.165, 1.54) is 12.1 Å². The molecule has 0 saturated heterocycles. The van der Waals surface area contributed by atoms with Crippen LogP contribution < -0.4 is 5.73 Å². The highest BCUT2D eigenvalue weighted by molar-refractivity contribution is 6.30. The van der Waals surface area contributed by atoms with Gasteiger partial charge < -0.3 is 5.73 Å². The molecule has 2 rings (SSSR count). The van der Waals surface area contributed by atoms with Gasteiger partial charge in [0.2, 0.25) is 0 Å². The molecule has 0 saturated carbocycles. The molecular formula is C15H15ClFN. The molecule has 0 fully saturated rings. The normalized spacial score (nSPS) is 12.5. The van der Waals surface area contributed by atoms with Crippen LogP contribution in [0, 0.1) is 19.7 Å². The molecule has 0 aliphatic carbocycles. The first-order valence-electron chi connectivity index (χ1n) is 5.76. The number of hydrogen-bond acceptors (Lipinski definition) is 1. The van der Waals surface area contributed by atoms with Gasteiger partial charge in [-0.1, -0.05) is 47.0 Å². The molecule has 2 N–H and O–H groups in total. The Bertz CT molecular complexity index is 560. The molecule has 0 amide bonds. The summed E-state index contributed by atoms with van der Waals surface area (Å²) < 4.78 is 13.4. The van der Waals surface area contributed by atoms with E-state index < -0.39 is 5.82 Å². The van der Waals surface area contributed by atoms with Crippen LogP contribution in [0.2, 0.25) is 5.02 Å². The summed E-state index contributed by atoms with van der Waals surface area (Å²) in [7, 11) is 0. The molecule has 94 valence electrons. The van der Waals surface area contributed by atoms with Gasteiger partial charge >= 0.3 is 0 Å². The summed E-state index contributed by atoms with van der Waals surface area (Å²) in [6.07, 6.45) is 0. The third kappa shape index (κ3) is 2.71. The number of hydrogen-bond donors (Lipinski definition) is 1. The molecule has 0 bridgehead atoms. The van der Waals surface area contributed by atoms with E-state index in [-0.39, 0.29) is 11.1 Å². The van der Waals surface area contributed by atoms with Crippen molar-refractivity contribution in [1.82, 2.24) is 0 Å². The molecule has 3 heteroatoms. The van der Waals surface area contributed by atoms with Crippen LogP contribution in [0.5, 0.6) is 0 Å². The molecular weight excluding hydrogens is 249 g/mol. The van der Waals surface area contributed by atoms with Crippen molar-refractivity contribution in [1.29, 1.82) is 0 Å². The maximum atomic E-state index is 13.4. The zero-order valence-corrected chi connectivity index (χ0v) is 11.1. The Labute approximate surface area is 111 Å². The highest BCUT2D eigenvalue weighted by Gasteiger charge is 2.11. The number of benzene rings is 2. The fourth-order valence-corrected chi connectivity index (χ4v) is 2.21. The standard InChI is InChI=1S/C15H15ClFN/c1-9-5-10(2)7-12(6-9)15(18)11-3-4-13(16)14(17)8-11/h3-8,15H,18H2,1-2H3. The molecule has 18 heavy (non-hydrogen) atoms. The average molecular weight is 264 g/mol. The van der Waals surface area contributed by atoms with Crippen LogP contribution in [0.3, 0.4) is 0 Å². The Morgan fingerprint density at radius 3 is 2.17 bits per heavy atom. The van der Waals surface area contributed by atoms with Crippen molar-refractivity contribution in [3.63, 3.8) is 0 Å². The summed E-state index contributed by atoms with van der Waals surface area (Å²) in [5, 5.41) is 0.117. The van der Waals surface area contributed by atoms with E-state index >= 15 is 0 Å². The van der Waals surface area contributed by atoms with Crippen molar-refractivity contribution in [2.24, 2.45) is 5.73 Å². The molecule has 0 aliphatic heterocycles. The van der Waals surface area contributed by atoms with Crippen molar-refractivity contribution in [2.75, 3.05) is 0 Å². The monoisotopic (exact) mass is 263 g/mol. The molecule has 0 aromatic heterocycles. The van der Waals surface area contributed by atoms with Gasteiger partial charge in [0.15, 0.2) is 0 Å². The minimum atomic E-state index is -0.436. The molecule has 1 unspecified atom stereocenters. The zero-order valence-electron chi connectivity index (χ0n) is 10.4. The van der Waals surface area contributed by atoms with Crippen LogP contribution >= 0.6 is 11.6 Å². The van der Waals surface area contributed by atoms with Gasteiger partial charge in [0, 0.05) is 0 Å². The SMILES string of the molecule is Cc1cc(C)cc(C(N)c2ccc(Cl)c(F)c2)c1. The summed E-state index contributed by atoms with van der Waals surface area (Å²) >= 11 is 5.67. The highest BCUT2D eigenvalue weighted by Crippen LogP contribution is 2.25. The lowest BCUT2D eigenvalue weighted by atomic mass is 9.96. The van der Waals surface area contributed by atoms with Gasteiger partial charge in [0.1, 0.15) is 5.82 Å². The fraction of sp³-hybridized carbons (Fsp3) is 0.200. The zero-order chi connectivity index (χ0) is 13.3. The van der Waals surface area contributed by atoms with Crippen LogP contribution in [0.15, 0.2) is 36.4 Å². The Balaban J connectivity index is 2.40. The molecule has 2 aromatic carbocycles. The summed E-state index contributed by atoms with van der Waals surface area (Å²) in [5.74, 6) is -0.436. The second kappa shape index (κ2) is 5.09. The average Bonchev–Trinajstić information content (AvgIpc) is 2.30. The van der Waals surface area contributed by atoms with Crippen molar-refractivity contribution >= 4 is 11.6 Å². The molecule has 0 heterocycles. The van der Waals surface area contributed by atoms with E-state index in [4.69, 9.17) is 17.3 Å². The van der Waals surface area contributed by atoms with Crippen LogP contribution in [-0.2, 0) is 0 Å². The van der Waals surface area contributed by atoms with Crippen LogP contribution in [-0.4, -0.2) is 0 Å². The second-order valence-corrected chi connectivity index (χ2v) is 4.98. The van der Waals surface area contributed by atoms with Crippen molar-refractivity contribution in [3.05, 3.63) is 69.5 Å². The smallest absolute Gasteiger partial charge is 0.142 e. The minimum absolute atomic E-state index is 0.117. The molecule has 1 nitrogen and oxygen atoms in total. The summed E-state index contributed by atoms with van der Waals surface area (Å²) in [5.41, 5.74) is 10.2. The van der Waals surface area contributed by atoms with Crippen LogP contribution in [0.25, 0.3) is 0 Å². The molecule has 0 aliphatic rings. The van der Waals surface area contributed by atoms with Crippen LogP contribution in [0.1, 0.15) is 28.3 Å². The quantitative estimate of drug-likeness (QED) is 0.866. The van der Waals surface area contributed by atoms with E-state index in [1.54, 1.807) is 6.07 Å². The van der Waals surface area contributed by atoms with Gasteiger partial charge in [-0.2, -0.15) is 0 Å². The van der Waals surface area contributed by atoms with Crippen LogP contribution in [0.4, 0.5) is 4.39 Å². The number of aryl methyl sites for hydroxylation is 2. The molecule has 1 atom stereocenters. The Hall–Kier alpha value is -1.38. The number of rotatable bonds is 2. The van der Waals surface area contributed by atoms with E-state index in [2.05, 4.69) is 6.07 Å². The van der Waals surface area contributed by atoms with Gasteiger partial charge in [-0.05, 0) is 37.1 Å². The second-order valence-electron chi connectivity index (χ2n) is 4.57. The predicted molar refractivity (Wildman–Crippen MR) is 73.4 cm³/mol. The third-order valence-electron chi connectivity index (χ3n) is 2.91. The lowest BCUT2D eigenvalue weighted by Crippen LogP contribution is -2.12. The first kappa shape index (κ1) is 13.1. The first-order valence-corrected chi connectivity index (χ1v) is 6.14. The van der Waals surface area contributed by atoms with Crippen molar-refractivity contribution < 1.29 is 4.39 Å². The van der Waals surface area contributed by atoms with Crippen molar-refractivity contribution in [3.8, 4) is 0 Å². The topological polar surface area (TPSA) is 26.0 Å². The Morgan fingerprint density at radius 2 is 1.61 bits per heavy atom. The van der Waals surface area contributed by atoms with Gasteiger partial charge in [-0.3, -0.25) is 0 Å². The van der Waals surface area contributed by atoms with Gasteiger partial charge in [0.05, 0.1) is 11.1 Å². The summed E-state index contributed by atoms with van der Waals surface area (Å²) in [4.78, 5) is 0. The van der Waals surface area contributed by atoms with E-state index in [0.717, 1.165) is 22.3 Å². The van der Waals surface area contributed by atoms with E-state index in [1.807, 2.05) is 26.0 Å². The first-order chi connectivity index (χ1) is 8.47. The molecule has 2 aromatic rings. The molecule has 0 radical (unpaired) electrons. The Morgan fingerprint density at radius 1 is 1.00 bits per heavy atom. The summed E-state index contributed by atoms with van der Waals surface area (Å²) in [6, 6.07) is 10.5.